The van der Waals surface area contributed by atoms with Crippen LogP contribution in [0.25, 0.3) is 0 Å². The zero-order valence-corrected chi connectivity index (χ0v) is 12.1. The highest BCUT2D eigenvalue weighted by Crippen LogP contribution is 2.24. The lowest BCUT2D eigenvalue weighted by Gasteiger charge is -2.18. The van der Waals surface area contributed by atoms with E-state index in [4.69, 9.17) is 4.74 Å². The van der Waals surface area contributed by atoms with Crippen LogP contribution in [0.15, 0.2) is 54.6 Å². The number of nitro groups is 1. The van der Waals surface area contributed by atoms with Gasteiger partial charge in [0.2, 0.25) is 5.78 Å². The number of nitro benzene ring substituents is 1. The first-order valence-electron chi connectivity index (χ1n) is 6.84. The number of rotatable bonds is 7. The van der Waals surface area contributed by atoms with Crippen LogP contribution in [-0.2, 0) is 4.74 Å². The number of hydrogen-bond donors (Lipinski definition) is 1. The fourth-order valence-corrected chi connectivity index (χ4v) is 2.00. The first-order chi connectivity index (χ1) is 10.6. The molecule has 0 fully saturated rings. The summed E-state index contributed by atoms with van der Waals surface area (Å²) in [5.41, 5.74) is 0.621. The molecule has 0 aromatic heterocycles. The van der Waals surface area contributed by atoms with Crippen LogP contribution in [0.4, 0.5) is 11.4 Å². The summed E-state index contributed by atoms with van der Waals surface area (Å²) in [6.07, 6.45) is -0.978. The summed E-state index contributed by atoms with van der Waals surface area (Å²) in [6.45, 7) is 2.06. The van der Waals surface area contributed by atoms with Crippen LogP contribution < -0.4 is 5.32 Å². The average molecular weight is 300 g/mol. The second-order valence-corrected chi connectivity index (χ2v) is 4.48. The third kappa shape index (κ3) is 3.67. The van der Waals surface area contributed by atoms with Crippen molar-refractivity contribution in [2.75, 3.05) is 11.9 Å². The highest BCUT2D eigenvalue weighted by atomic mass is 16.6. The smallest absolute Gasteiger partial charge is 0.292 e. The Kier molecular flexibility index (Phi) is 5.21. The van der Waals surface area contributed by atoms with Gasteiger partial charge in [-0.1, -0.05) is 42.5 Å². The van der Waals surface area contributed by atoms with E-state index < -0.39 is 11.2 Å². The molecule has 2 rings (SSSR count). The lowest BCUT2D eigenvalue weighted by atomic mass is 10.1. The van der Waals surface area contributed by atoms with Gasteiger partial charge < -0.3 is 10.1 Å². The molecule has 0 saturated carbocycles. The molecule has 0 amide bonds. The number of ketones is 1. The summed E-state index contributed by atoms with van der Waals surface area (Å²) in [7, 11) is 0. The van der Waals surface area contributed by atoms with E-state index in [1.165, 1.54) is 6.07 Å². The van der Waals surface area contributed by atoms with Crippen LogP contribution in [0.3, 0.4) is 0 Å². The molecule has 0 saturated heterocycles. The van der Waals surface area contributed by atoms with E-state index in [2.05, 4.69) is 5.32 Å². The number of benzene rings is 2. The Balaban J connectivity index is 2.26. The Labute approximate surface area is 127 Å². The molecule has 22 heavy (non-hydrogen) atoms. The van der Waals surface area contributed by atoms with Crippen LogP contribution in [0.2, 0.25) is 0 Å². The number of nitrogens with one attached hydrogen (secondary N) is 1. The van der Waals surface area contributed by atoms with Crippen LogP contribution >= 0.6 is 0 Å². The molecule has 0 aliphatic rings. The Morgan fingerprint density at radius 3 is 2.45 bits per heavy atom. The minimum atomic E-state index is -0.978. The lowest BCUT2D eigenvalue weighted by Crippen LogP contribution is -2.32. The van der Waals surface area contributed by atoms with Crippen LogP contribution in [-0.4, -0.2) is 23.5 Å². The quantitative estimate of drug-likeness (QED) is 0.367. The Hall–Kier alpha value is -2.73. The number of nitrogens with zero attached hydrogens (tertiary/aromatic N) is 1. The third-order valence-corrected chi connectivity index (χ3v) is 3.02. The third-order valence-electron chi connectivity index (χ3n) is 3.02. The SMILES string of the molecule is CCO[C@@H](Nc1ccccc1[N+](=O)[O-])C(=O)c1ccccc1. The normalized spacial score (nSPS) is 11.7. The second-order valence-electron chi connectivity index (χ2n) is 4.48. The van der Waals surface area contributed by atoms with Crippen molar-refractivity contribution in [1.29, 1.82) is 0 Å². The predicted molar refractivity (Wildman–Crippen MR) is 82.9 cm³/mol. The molecule has 0 heterocycles. The van der Waals surface area contributed by atoms with Crippen molar-refractivity contribution in [2.45, 2.75) is 13.2 Å². The molecule has 0 bridgehead atoms. The van der Waals surface area contributed by atoms with Gasteiger partial charge >= 0.3 is 0 Å². The van der Waals surface area contributed by atoms with Crippen molar-refractivity contribution in [3.63, 3.8) is 0 Å². The van der Waals surface area contributed by atoms with Gasteiger partial charge in [0.25, 0.3) is 5.69 Å². The molecule has 0 aliphatic heterocycles. The van der Waals surface area contributed by atoms with Crippen molar-refractivity contribution in [1.82, 2.24) is 0 Å². The minimum Gasteiger partial charge on any atom is -0.351 e. The van der Waals surface area contributed by atoms with E-state index in [1.807, 2.05) is 6.07 Å². The maximum Gasteiger partial charge on any atom is 0.292 e. The van der Waals surface area contributed by atoms with E-state index in [-0.39, 0.29) is 17.2 Å². The van der Waals surface area contributed by atoms with E-state index in [0.29, 0.717) is 12.2 Å². The molecule has 0 unspecified atom stereocenters. The van der Waals surface area contributed by atoms with E-state index >= 15 is 0 Å². The number of carbonyl (C=O) groups excluding carboxylic acids is 1. The molecule has 2 aromatic rings. The number of ether oxygens (including phenoxy) is 1. The zero-order chi connectivity index (χ0) is 15.9. The molecule has 0 spiro atoms. The maximum atomic E-state index is 12.5. The van der Waals surface area contributed by atoms with Gasteiger partial charge in [0.05, 0.1) is 4.92 Å². The van der Waals surface area contributed by atoms with Crippen molar-refractivity contribution >= 4 is 17.2 Å². The van der Waals surface area contributed by atoms with Gasteiger partial charge in [0, 0.05) is 18.2 Å². The van der Waals surface area contributed by atoms with Crippen LogP contribution in [0.1, 0.15) is 17.3 Å². The fourth-order valence-electron chi connectivity index (χ4n) is 2.00. The maximum absolute atomic E-state index is 12.5. The number of anilines is 1. The number of para-hydroxylation sites is 2. The highest BCUT2D eigenvalue weighted by molar-refractivity contribution is 6.00. The van der Waals surface area contributed by atoms with Gasteiger partial charge in [-0.15, -0.1) is 0 Å². The van der Waals surface area contributed by atoms with E-state index in [9.17, 15) is 14.9 Å². The van der Waals surface area contributed by atoms with E-state index in [1.54, 1.807) is 49.4 Å². The van der Waals surface area contributed by atoms with Gasteiger partial charge in [0.1, 0.15) is 5.69 Å². The van der Waals surface area contributed by atoms with Gasteiger partial charge in [0.15, 0.2) is 6.23 Å². The first kappa shape index (κ1) is 15.7. The number of Topliss-reactive ketones (excluding diaryl/α,β-unsaturated/α-hetero) is 1. The van der Waals surface area contributed by atoms with Crippen LogP contribution in [0, 0.1) is 10.1 Å². The van der Waals surface area contributed by atoms with Crippen LogP contribution in [0.5, 0.6) is 0 Å². The molecule has 0 aliphatic carbocycles. The largest absolute Gasteiger partial charge is 0.351 e. The van der Waals surface area contributed by atoms with Crippen molar-refractivity contribution in [3.05, 3.63) is 70.3 Å². The lowest BCUT2D eigenvalue weighted by molar-refractivity contribution is -0.384. The predicted octanol–water partition coefficient (Wildman–Crippen LogP) is 3.25. The monoisotopic (exact) mass is 300 g/mol. The Bertz CT molecular complexity index is 658. The van der Waals surface area contributed by atoms with Gasteiger partial charge in [-0.25, -0.2) is 0 Å². The fraction of sp³-hybridized carbons (Fsp3) is 0.188. The van der Waals surface area contributed by atoms with Gasteiger partial charge in [-0.05, 0) is 13.0 Å². The second kappa shape index (κ2) is 7.33. The molecular weight excluding hydrogens is 284 g/mol. The first-order valence-corrected chi connectivity index (χ1v) is 6.84. The zero-order valence-electron chi connectivity index (χ0n) is 12.1. The van der Waals surface area contributed by atoms with Crippen molar-refractivity contribution < 1.29 is 14.5 Å². The molecule has 6 nitrogen and oxygen atoms in total. The summed E-state index contributed by atoms with van der Waals surface area (Å²) in [4.78, 5) is 23.0. The number of hydrogen-bond acceptors (Lipinski definition) is 5. The van der Waals surface area contributed by atoms with Gasteiger partial charge in [-0.3, -0.25) is 14.9 Å². The van der Waals surface area contributed by atoms with Crippen molar-refractivity contribution in [2.24, 2.45) is 0 Å². The molecule has 114 valence electrons. The minimum absolute atomic E-state index is 0.104. The topological polar surface area (TPSA) is 81.5 Å². The molecule has 1 N–H and O–H groups in total. The summed E-state index contributed by atoms with van der Waals surface area (Å²) >= 11 is 0. The number of carbonyl (C=O) groups is 1. The Morgan fingerprint density at radius 1 is 1.18 bits per heavy atom. The highest BCUT2D eigenvalue weighted by Gasteiger charge is 2.23. The summed E-state index contributed by atoms with van der Waals surface area (Å²) < 4.78 is 5.41. The molecule has 6 heteroatoms. The van der Waals surface area contributed by atoms with Crippen molar-refractivity contribution in [3.8, 4) is 0 Å². The average Bonchev–Trinajstić information content (AvgIpc) is 2.55. The van der Waals surface area contributed by atoms with Gasteiger partial charge in [-0.2, -0.15) is 0 Å². The molecule has 1 atom stereocenters. The summed E-state index contributed by atoms with van der Waals surface area (Å²) in [6, 6.07) is 14.8. The van der Waals surface area contributed by atoms with E-state index in [0.717, 1.165) is 0 Å². The summed E-state index contributed by atoms with van der Waals surface area (Å²) in [5, 5.41) is 13.9. The Morgan fingerprint density at radius 2 is 1.82 bits per heavy atom. The molecule has 0 radical (unpaired) electrons. The standard InChI is InChI=1S/C16H16N2O4/c1-2-22-16(15(19)12-8-4-3-5-9-12)17-13-10-6-7-11-14(13)18(20)21/h3-11,16-17H,2H2,1H3/t16-/m1/s1. The summed E-state index contributed by atoms with van der Waals surface area (Å²) in [5.74, 6) is -0.277. The molecule has 2 aromatic carbocycles. The molecular formula is C16H16N2O4.